The summed E-state index contributed by atoms with van der Waals surface area (Å²) in [5.41, 5.74) is 2.79. The molecule has 0 fully saturated rings. The second-order valence-electron chi connectivity index (χ2n) is 5.12. The Hall–Kier alpha value is -1.02. The van der Waals surface area contributed by atoms with Crippen molar-refractivity contribution in [2.45, 2.75) is 45.1 Å². The third kappa shape index (κ3) is 3.22. The van der Waals surface area contributed by atoms with Gasteiger partial charge in [0.25, 0.3) is 0 Å². The first-order chi connectivity index (χ1) is 8.31. The van der Waals surface area contributed by atoms with Crippen LogP contribution in [0.25, 0.3) is 0 Å². The van der Waals surface area contributed by atoms with Gasteiger partial charge < -0.3 is 10.6 Å². The highest BCUT2D eigenvalue weighted by atomic mass is 15.0. The molecule has 0 bridgehead atoms. The normalized spacial score (nSPS) is 19.8. The van der Waals surface area contributed by atoms with E-state index in [1.807, 2.05) is 0 Å². The summed E-state index contributed by atoms with van der Waals surface area (Å²) in [5.74, 6) is 0.635. The molecule has 0 amide bonds. The van der Waals surface area contributed by atoms with Crippen LogP contribution in [0.3, 0.4) is 0 Å². The second-order valence-corrected chi connectivity index (χ2v) is 5.12. The van der Waals surface area contributed by atoms with E-state index in [0.717, 1.165) is 13.1 Å². The summed E-state index contributed by atoms with van der Waals surface area (Å²) in [7, 11) is 0. The van der Waals surface area contributed by atoms with Gasteiger partial charge in [-0.15, -0.1) is 0 Å². The van der Waals surface area contributed by atoms with Crippen LogP contribution in [-0.4, -0.2) is 19.1 Å². The molecule has 0 saturated heterocycles. The molecule has 2 unspecified atom stereocenters. The van der Waals surface area contributed by atoms with E-state index in [9.17, 15) is 0 Å². The second kappa shape index (κ2) is 6.06. The quantitative estimate of drug-likeness (QED) is 0.786. The minimum Gasteiger partial charge on any atom is -0.384 e. The van der Waals surface area contributed by atoms with Crippen molar-refractivity contribution in [1.82, 2.24) is 5.32 Å². The molecule has 1 aliphatic rings. The molecule has 2 nitrogen and oxygen atoms in total. The van der Waals surface area contributed by atoms with E-state index in [-0.39, 0.29) is 0 Å². The molecular formula is C15H24N2. The van der Waals surface area contributed by atoms with Crippen LogP contribution in [-0.2, 0) is 0 Å². The predicted octanol–water partition coefficient (Wildman–Crippen LogP) is 3.36. The number of rotatable bonds is 6. The van der Waals surface area contributed by atoms with Gasteiger partial charge in [-0.1, -0.05) is 38.0 Å². The van der Waals surface area contributed by atoms with Crippen LogP contribution in [0, 0.1) is 0 Å². The molecule has 1 heterocycles. The Balaban J connectivity index is 1.81. The lowest BCUT2D eigenvalue weighted by molar-refractivity contribution is 0.477. The average Bonchev–Trinajstić information content (AvgIpc) is 2.77. The number of fused-ring (bicyclic) bond motifs is 1. The molecule has 1 aromatic rings. The number of hydrogen-bond donors (Lipinski definition) is 2. The lowest BCUT2D eigenvalue weighted by atomic mass is 10.0. The molecule has 2 rings (SSSR count). The molecule has 2 N–H and O–H groups in total. The average molecular weight is 232 g/mol. The highest BCUT2D eigenvalue weighted by molar-refractivity contribution is 5.57. The van der Waals surface area contributed by atoms with Gasteiger partial charge in [0.2, 0.25) is 0 Å². The van der Waals surface area contributed by atoms with E-state index in [0.29, 0.717) is 12.0 Å². The fraction of sp³-hybridized carbons (Fsp3) is 0.600. The molecule has 1 aliphatic heterocycles. The molecule has 1 aromatic carbocycles. The molecule has 0 saturated carbocycles. The van der Waals surface area contributed by atoms with Gasteiger partial charge in [-0.2, -0.15) is 0 Å². The van der Waals surface area contributed by atoms with Crippen LogP contribution in [0.1, 0.15) is 44.6 Å². The van der Waals surface area contributed by atoms with E-state index in [1.165, 1.54) is 30.5 Å². The zero-order valence-electron chi connectivity index (χ0n) is 11.0. The maximum Gasteiger partial charge on any atom is 0.0376 e. The van der Waals surface area contributed by atoms with Crippen molar-refractivity contribution in [2.75, 3.05) is 18.4 Å². The lowest BCUT2D eigenvalue weighted by Crippen LogP contribution is -2.31. The number of nitrogens with one attached hydrogen (secondary N) is 2. The largest absolute Gasteiger partial charge is 0.384 e. The van der Waals surface area contributed by atoms with Crippen molar-refractivity contribution in [1.29, 1.82) is 0 Å². The molecule has 0 radical (unpaired) electrons. The first-order valence-electron chi connectivity index (χ1n) is 6.87. The molecule has 0 spiro atoms. The Morgan fingerprint density at radius 3 is 3.06 bits per heavy atom. The molecule has 2 atom stereocenters. The first-order valence-corrected chi connectivity index (χ1v) is 6.87. The highest BCUT2D eigenvalue weighted by Gasteiger charge is 2.21. The summed E-state index contributed by atoms with van der Waals surface area (Å²) in [6, 6.07) is 9.31. The molecule has 0 aliphatic carbocycles. The number of hydrogen-bond acceptors (Lipinski definition) is 2. The summed E-state index contributed by atoms with van der Waals surface area (Å²) < 4.78 is 0. The van der Waals surface area contributed by atoms with E-state index >= 15 is 0 Å². The van der Waals surface area contributed by atoms with E-state index < -0.39 is 0 Å². The Labute approximate surface area is 105 Å². The van der Waals surface area contributed by atoms with Gasteiger partial charge in [0, 0.05) is 30.7 Å². The summed E-state index contributed by atoms with van der Waals surface area (Å²) in [6.45, 7) is 6.72. The third-order valence-electron chi connectivity index (χ3n) is 3.64. The number of para-hydroxylation sites is 1. The maximum atomic E-state index is 3.66. The van der Waals surface area contributed by atoms with Crippen LogP contribution in [0.15, 0.2) is 24.3 Å². The molecule has 94 valence electrons. The zero-order chi connectivity index (χ0) is 12.1. The molecule has 17 heavy (non-hydrogen) atoms. The first kappa shape index (κ1) is 12.4. The van der Waals surface area contributed by atoms with Crippen molar-refractivity contribution in [3.8, 4) is 0 Å². The van der Waals surface area contributed by atoms with Gasteiger partial charge in [-0.05, 0) is 25.0 Å². The summed E-state index contributed by atoms with van der Waals surface area (Å²) >= 11 is 0. The smallest absolute Gasteiger partial charge is 0.0376 e. The number of anilines is 1. The molecule has 0 aromatic heterocycles. The van der Waals surface area contributed by atoms with E-state index in [2.05, 4.69) is 48.7 Å². The van der Waals surface area contributed by atoms with Gasteiger partial charge in [0.1, 0.15) is 0 Å². The van der Waals surface area contributed by atoms with Gasteiger partial charge in [-0.25, -0.2) is 0 Å². The van der Waals surface area contributed by atoms with E-state index in [1.54, 1.807) is 0 Å². The Morgan fingerprint density at radius 2 is 2.24 bits per heavy atom. The fourth-order valence-corrected chi connectivity index (χ4v) is 2.50. The minimum absolute atomic E-state index is 0.635. The Morgan fingerprint density at radius 1 is 1.41 bits per heavy atom. The number of benzene rings is 1. The van der Waals surface area contributed by atoms with Gasteiger partial charge >= 0.3 is 0 Å². The summed E-state index contributed by atoms with van der Waals surface area (Å²) in [4.78, 5) is 0. The topological polar surface area (TPSA) is 24.1 Å². The SMILES string of the molecule is CCCCC(C)NCC1CNc2ccccc21. The molecule has 2 heteroatoms. The van der Waals surface area contributed by atoms with Crippen LogP contribution < -0.4 is 10.6 Å². The number of unbranched alkanes of at least 4 members (excludes halogenated alkanes) is 1. The third-order valence-corrected chi connectivity index (χ3v) is 3.64. The highest BCUT2D eigenvalue weighted by Crippen LogP contribution is 2.30. The van der Waals surface area contributed by atoms with Crippen LogP contribution in [0.4, 0.5) is 5.69 Å². The Kier molecular flexibility index (Phi) is 4.43. The summed E-state index contributed by atoms with van der Waals surface area (Å²) in [6.07, 6.45) is 3.91. The summed E-state index contributed by atoms with van der Waals surface area (Å²) in [5, 5.41) is 7.14. The fourth-order valence-electron chi connectivity index (χ4n) is 2.50. The van der Waals surface area contributed by atoms with Crippen molar-refractivity contribution < 1.29 is 0 Å². The van der Waals surface area contributed by atoms with E-state index in [4.69, 9.17) is 0 Å². The standard InChI is InChI=1S/C15H24N2/c1-3-4-7-12(2)16-10-13-11-17-15-9-6-5-8-14(13)15/h5-6,8-9,12-13,16-17H,3-4,7,10-11H2,1-2H3. The lowest BCUT2D eigenvalue weighted by Gasteiger charge is -2.17. The van der Waals surface area contributed by atoms with Gasteiger partial charge in [-0.3, -0.25) is 0 Å². The van der Waals surface area contributed by atoms with Crippen molar-refractivity contribution in [2.24, 2.45) is 0 Å². The Bertz CT molecular complexity index is 349. The van der Waals surface area contributed by atoms with Crippen molar-refractivity contribution in [3.05, 3.63) is 29.8 Å². The van der Waals surface area contributed by atoms with Crippen LogP contribution in [0.2, 0.25) is 0 Å². The minimum atomic E-state index is 0.635. The molecular weight excluding hydrogens is 208 g/mol. The van der Waals surface area contributed by atoms with Crippen molar-refractivity contribution in [3.63, 3.8) is 0 Å². The van der Waals surface area contributed by atoms with Crippen LogP contribution in [0.5, 0.6) is 0 Å². The van der Waals surface area contributed by atoms with Crippen LogP contribution >= 0.6 is 0 Å². The predicted molar refractivity (Wildman–Crippen MR) is 74.7 cm³/mol. The zero-order valence-corrected chi connectivity index (χ0v) is 11.0. The maximum absolute atomic E-state index is 3.66. The monoisotopic (exact) mass is 232 g/mol. The van der Waals surface area contributed by atoms with Gasteiger partial charge in [0.05, 0.1) is 0 Å². The van der Waals surface area contributed by atoms with Gasteiger partial charge in [0.15, 0.2) is 0 Å². The van der Waals surface area contributed by atoms with Crippen molar-refractivity contribution >= 4 is 5.69 Å².